The van der Waals surface area contributed by atoms with Crippen LogP contribution in [0, 0.1) is 5.92 Å². The van der Waals surface area contributed by atoms with Crippen molar-refractivity contribution in [3.8, 4) is 0 Å². The van der Waals surface area contributed by atoms with Crippen molar-refractivity contribution in [2.75, 3.05) is 19.0 Å². The topological polar surface area (TPSA) is 70.6 Å². The van der Waals surface area contributed by atoms with Gasteiger partial charge in [-0.05, 0) is 30.5 Å². The molecule has 112 valence electrons. The van der Waals surface area contributed by atoms with E-state index in [0.29, 0.717) is 12.3 Å². The van der Waals surface area contributed by atoms with E-state index >= 15 is 0 Å². The van der Waals surface area contributed by atoms with E-state index in [1.54, 1.807) is 20.1 Å². The van der Waals surface area contributed by atoms with E-state index in [-0.39, 0.29) is 18.5 Å². The van der Waals surface area contributed by atoms with Gasteiger partial charge in [-0.3, -0.25) is 0 Å². The number of urea groups is 1. The summed E-state index contributed by atoms with van der Waals surface area (Å²) in [6.07, 6.45) is 0. The van der Waals surface area contributed by atoms with Gasteiger partial charge in [0.1, 0.15) is 0 Å². The minimum Gasteiger partial charge on any atom is -0.388 e. The molecule has 1 atom stereocenters. The lowest BCUT2D eigenvalue weighted by Crippen LogP contribution is -2.45. The van der Waals surface area contributed by atoms with Crippen molar-refractivity contribution in [1.82, 2.24) is 5.32 Å². The van der Waals surface area contributed by atoms with Gasteiger partial charge in [0, 0.05) is 19.3 Å². The third-order valence-corrected chi connectivity index (χ3v) is 3.35. The zero-order valence-corrected chi connectivity index (χ0v) is 12.6. The van der Waals surface area contributed by atoms with E-state index in [0.717, 1.165) is 5.56 Å². The number of amides is 2. The largest absolute Gasteiger partial charge is 0.388 e. The summed E-state index contributed by atoms with van der Waals surface area (Å²) in [5, 5.41) is 15.5. The van der Waals surface area contributed by atoms with Crippen LogP contribution in [-0.4, -0.2) is 30.4 Å². The molecule has 0 radical (unpaired) electrons. The first-order chi connectivity index (χ1) is 9.35. The van der Waals surface area contributed by atoms with Gasteiger partial charge in [-0.2, -0.15) is 0 Å². The second kappa shape index (κ2) is 7.26. The Labute approximate surface area is 120 Å². The number of nitrogens with one attached hydrogen (secondary N) is 2. The van der Waals surface area contributed by atoms with Crippen molar-refractivity contribution in [3.05, 3.63) is 29.8 Å². The summed E-state index contributed by atoms with van der Waals surface area (Å²) in [6.45, 7) is 6.23. The van der Waals surface area contributed by atoms with E-state index in [2.05, 4.69) is 10.6 Å². The van der Waals surface area contributed by atoms with Crippen molar-refractivity contribution in [1.29, 1.82) is 0 Å². The molecular formula is C15H24N2O3. The molecule has 1 rings (SSSR count). The third-order valence-electron chi connectivity index (χ3n) is 3.35. The molecule has 20 heavy (non-hydrogen) atoms. The van der Waals surface area contributed by atoms with Crippen molar-refractivity contribution in [3.63, 3.8) is 0 Å². The lowest BCUT2D eigenvalue weighted by Gasteiger charge is -2.27. The minimum atomic E-state index is -0.921. The number of hydrogen-bond acceptors (Lipinski definition) is 3. The molecule has 0 aliphatic heterocycles. The quantitative estimate of drug-likeness (QED) is 0.749. The van der Waals surface area contributed by atoms with Gasteiger partial charge in [-0.15, -0.1) is 0 Å². The monoisotopic (exact) mass is 280 g/mol. The average Bonchev–Trinajstić information content (AvgIpc) is 2.37. The second-order valence-electron chi connectivity index (χ2n) is 5.45. The predicted molar refractivity (Wildman–Crippen MR) is 79.6 cm³/mol. The molecule has 1 aromatic carbocycles. The number of rotatable bonds is 6. The molecule has 0 saturated heterocycles. The number of aliphatic hydroxyl groups is 1. The first-order valence-electron chi connectivity index (χ1n) is 6.70. The fourth-order valence-corrected chi connectivity index (χ4v) is 1.54. The molecule has 1 aromatic rings. The van der Waals surface area contributed by atoms with Crippen molar-refractivity contribution >= 4 is 11.7 Å². The molecule has 5 heteroatoms. The molecule has 2 amide bonds. The zero-order valence-electron chi connectivity index (χ0n) is 12.6. The van der Waals surface area contributed by atoms with Crippen molar-refractivity contribution in [2.24, 2.45) is 5.92 Å². The molecule has 1 unspecified atom stereocenters. The standard InChI is InChI=1S/C15H24N2O3/c1-11(2)15(3,19)10-16-14(18)17-13-7-5-6-12(8-13)9-20-4/h5-8,11,19H,9-10H2,1-4H3,(H2,16,17,18). The number of benzene rings is 1. The number of ether oxygens (including phenoxy) is 1. The van der Waals surface area contributed by atoms with E-state index in [4.69, 9.17) is 4.74 Å². The average molecular weight is 280 g/mol. The second-order valence-corrected chi connectivity index (χ2v) is 5.45. The Balaban J connectivity index is 2.52. The summed E-state index contributed by atoms with van der Waals surface area (Å²) in [5.41, 5.74) is 0.760. The molecule has 0 fully saturated rings. The highest BCUT2D eigenvalue weighted by molar-refractivity contribution is 5.89. The molecule has 0 bridgehead atoms. The molecule has 0 spiro atoms. The van der Waals surface area contributed by atoms with Crippen LogP contribution in [0.2, 0.25) is 0 Å². The highest BCUT2D eigenvalue weighted by atomic mass is 16.5. The summed E-state index contributed by atoms with van der Waals surface area (Å²) in [5.74, 6) is 0.0628. The number of carbonyl (C=O) groups is 1. The molecule has 0 aliphatic carbocycles. The van der Waals surface area contributed by atoms with Gasteiger partial charge in [-0.25, -0.2) is 4.79 Å². The summed E-state index contributed by atoms with van der Waals surface area (Å²) < 4.78 is 5.05. The lowest BCUT2D eigenvalue weighted by molar-refractivity contribution is 0.0170. The van der Waals surface area contributed by atoms with Crippen molar-refractivity contribution in [2.45, 2.75) is 33.0 Å². The molecule has 3 N–H and O–H groups in total. The Morgan fingerprint density at radius 1 is 1.45 bits per heavy atom. The molecule has 0 aromatic heterocycles. The maximum atomic E-state index is 11.8. The van der Waals surface area contributed by atoms with E-state index in [9.17, 15) is 9.90 Å². The zero-order chi connectivity index (χ0) is 15.2. The fourth-order valence-electron chi connectivity index (χ4n) is 1.54. The molecule has 0 saturated carbocycles. The SMILES string of the molecule is COCc1cccc(NC(=O)NCC(C)(O)C(C)C)c1. The van der Waals surface area contributed by atoms with Gasteiger partial charge in [0.15, 0.2) is 0 Å². The normalized spacial score (nSPS) is 13.9. The number of anilines is 1. The Morgan fingerprint density at radius 3 is 2.75 bits per heavy atom. The van der Waals surface area contributed by atoms with Gasteiger partial charge in [0.2, 0.25) is 0 Å². The summed E-state index contributed by atoms with van der Waals surface area (Å²) in [7, 11) is 1.63. The summed E-state index contributed by atoms with van der Waals surface area (Å²) in [4.78, 5) is 11.8. The number of methoxy groups -OCH3 is 1. The molecule has 5 nitrogen and oxygen atoms in total. The molecular weight excluding hydrogens is 256 g/mol. The van der Waals surface area contributed by atoms with Crippen LogP contribution >= 0.6 is 0 Å². The first kappa shape index (κ1) is 16.5. The maximum absolute atomic E-state index is 11.8. The van der Waals surface area contributed by atoms with Crippen LogP contribution in [0.3, 0.4) is 0 Å². The van der Waals surface area contributed by atoms with Crippen LogP contribution in [0.1, 0.15) is 26.3 Å². The van der Waals surface area contributed by atoms with Gasteiger partial charge in [0.05, 0.1) is 12.2 Å². The number of carbonyl (C=O) groups excluding carboxylic acids is 1. The van der Waals surface area contributed by atoms with E-state index in [1.807, 2.05) is 32.0 Å². The van der Waals surface area contributed by atoms with Gasteiger partial charge >= 0.3 is 6.03 Å². The maximum Gasteiger partial charge on any atom is 0.319 e. The van der Waals surface area contributed by atoms with Crippen LogP contribution < -0.4 is 10.6 Å². The summed E-state index contributed by atoms with van der Waals surface area (Å²) >= 11 is 0. The Morgan fingerprint density at radius 2 is 2.15 bits per heavy atom. The highest BCUT2D eigenvalue weighted by Crippen LogP contribution is 2.15. The van der Waals surface area contributed by atoms with Crippen LogP contribution in [0.25, 0.3) is 0 Å². The first-order valence-corrected chi connectivity index (χ1v) is 6.70. The fraction of sp³-hybridized carbons (Fsp3) is 0.533. The highest BCUT2D eigenvalue weighted by Gasteiger charge is 2.25. The predicted octanol–water partition coefficient (Wildman–Crippen LogP) is 2.36. The van der Waals surface area contributed by atoms with Crippen LogP contribution in [0.4, 0.5) is 10.5 Å². The van der Waals surface area contributed by atoms with Gasteiger partial charge in [0.25, 0.3) is 0 Å². The smallest absolute Gasteiger partial charge is 0.319 e. The third kappa shape index (κ3) is 5.19. The Bertz CT molecular complexity index is 444. The lowest BCUT2D eigenvalue weighted by atomic mass is 9.93. The van der Waals surface area contributed by atoms with Crippen LogP contribution in [0.5, 0.6) is 0 Å². The summed E-state index contributed by atoms with van der Waals surface area (Å²) in [6, 6.07) is 7.10. The molecule has 0 heterocycles. The van der Waals surface area contributed by atoms with E-state index in [1.165, 1.54) is 0 Å². The Hall–Kier alpha value is -1.59. The Kier molecular flexibility index (Phi) is 5.98. The minimum absolute atomic E-state index is 0.0628. The molecule has 0 aliphatic rings. The van der Waals surface area contributed by atoms with Gasteiger partial charge < -0.3 is 20.5 Å². The van der Waals surface area contributed by atoms with Gasteiger partial charge in [-0.1, -0.05) is 26.0 Å². The number of hydrogen-bond donors (Lipinski definition) is 3. The van der Waals surface area contributed by atoms with Crippen molar-refractivity contribution < 1.29 is 14.6 Å². The van der Waals surface area contributed by atoms with Crippen LogP contribution in [-0.2, 0) is 11.3 Å². The van der Waals surface area contributed by atoms with Crippen LogP contribution in [0.15, 0.2) is 24.3 Å². The van der Waals surface area contributed by atoms with E-state index < -0.39 is 5.60 Å².